The molecule has 1 aliphatic carbocycles. The number of pyridine rings is 1. The molecule has 0 bridgehead atoms. The predicted molar refractivity (Wildman–Crippen MR) is 113 cm³/mol. The van der Waals surface area contributed by atoms with E-state index in [0.717, 1.165) is 35.0 Å². The zero-order valence-corrected chi connectivity index (χ0v) is 17.2. The summed E-state index contributed by atoms with van der Waals surface area (Å²) >= 11 is 1.68. The molecule has 1 aromatic carbocycles. The van der Waals surface area contributed by atoms with E-state index in [2.05, 4.69) is 20.6 Å². The number of guanidine groups is 1. The number of ether oxygens (including phenoxy) is 1. The maximum atomic E-state index is 13.5. The fourth-order valence-electron chi connectivity index (χ4n) is 2.73. The number of nitrogens with zero attached hydrogens (tertiary/aromatic N) is 2. The second kappa shape index (κ2) is 10.3. The van der Waals surface area contributed by atoms with Gasteiger partial charge in [-0.05, 0) is 53.8 Å². The maximum absolute atomic E-state index is 13.5. The van der Waals surface area contributed by atoms with Crippen LogP contribution in [0.25, 0.3) is 0 Å². The standard InChI is InChI=1S/C21H27FN4OS/c1-23-21(26-12-17-6-7-19(22)9-18(17)14-28-2)25-11-16-5-8-20(24-10-16)27-13-15-3-4-15/h5-10,15H,3-4,11-14H2,1-2H3,(H2,23,25,26). The molecule has 5 nitrogen and oxygen atoms in total. The number of rotatable bonds is 9. The van der Waals surface area contributed by atoms with E-state index in [1.165, 1.54) is 18.9 Å². The van der Waals surface area contributed by atoms with E-state index >= 15 is 0 Å². The highest BCUT2D eigenvalue weighted by Gasteiger charge is 2.22. The van der Waals surface area contributed by atoms with E-state index in [0.29, 0.717) is 24.9 Å². The zero-order chi connectivity index (χ0) is 19.8. The lowest BCUT2D eigenvalue weighted by Gasteiger charge is -2.14. The molecule has 1 saturated carbocycles. The largest absolute Gasteiger partial charge is 0.477 e. The molecule has 150 valence electrons. The minimum Gasteiger partial charge on any atom is -0.477 e. The molecule has 0 saturated heterocycles. The van der Waals surface area contributed by atoms with E-state index in [-0.39, 0.29) is 5.82 Å². The van der Waals surface area contributed by atoms with Crippen molar-refractivity contribution in [3.63, 3.8) is 0 Å². The van der Waals surface area contributed by atoms with Crippen molar-refractivity contribution in [3.8, 4) is 5.88 Å². The predicted octanol–water partition coefficient (Wildman–Crippen LogP) is 3.74. The lowest BCUT2D eigenvalue weighted by molar-refractivity contribution is 0.288. The van der Waals surface area contributed by atoms with Gasteiger partial charge in [0.05, 0.1) is 6.61 Å². The molecule has 0 amide bonds. The van der Waals surface area contributed by atoms with Crippen molar-refractivity contribution in [2.24, 2.45) is 10.9 Å². The van der Waals surface area contributed by atoms with Crippen LogP contribution < -0.4 is 15.4 Å². The van der Waals surface area contributed by atoms with Gasteiger partial charge in [0.15, 0.2) is 5.96 Å². The summed E-state index contributed by atoms with van der Waals surface area (Å²) in [6.45, 7) is 1.96. The van der Waals surface area contributed by atoms with Gasteiger partial charge in [0.1, 0.15) is 5.82 Å². The van der Waals surface area contributed by atoms with E-state index in [9.17, 15) is 4.39 Å². The van der Waals surface area contributed by atoms with Crippen molar-refractivity contribution in [1.82, 2.24) is 15.6 Å². The van der Waals surface area contributed by atoms with Crippen LogP contribution in [0.3, 0.4) is 0 Å². The number of benzene rings is 1. The third-order valence-electron chi connectivity index (χ3n) is 4.56. The molecule has 0 spiro atoms. The second-order valence-electron chi connectivity index (χ2n) is 6.88. The fourth-order valence-corrected chi connectivity index (χ4v) is 3.31. The van der Waals surface area contributed by atoms with E-state index < -0.39 is 0 Å². The van der Waals surface area contributed by atoms with Crippen LogP contribution in [-0.4, -0.2) is 30.9 Å². The molecule has 7 heteroatoms. The van der Waals surface area contributed by atoms with E-state index in [1.807, 2.05) is 30.7 Å². The van der Waals surface area contributed by atoms with Crippen molar-refractivity contribution in [2.45, 2.75) is 31.7 Å². The van der Waals surface area contributed by atoms with Crippen LogP contribution in [0.1, 0.15) is 29.5 Å². The van der Waals surface area contributed by atoms with Crippen molar-refractivity contribution in [3.05, 3.63) is 59.0 Å². The molecular weight excluding hydrogens is 375 g/mol. The Morgan fingerprint density at radius 2 is 2.04 bits per heavy atom. The van der Waals surface area contributed by atoms with Crippen LogP contribution in [0, 0.1) is 11.7 Å². The Bertz CT molecular complexity index is 793. The monoisotopic (exact) mass is 402 g/mol. The molecule has 3 rings (SSSR count). The van der Waals surface area contributed by atoms with Crippen LogP contribution in [-0.2, 0) is 18.8 Å². The van der Waals surface area contributed by atoms with Crippen molar-refractivity contribution in [2.75, 3.05) is 19.9 Å². The summed E-state index contributed by atoms with van der Waals surface area (Å²) in [7, 11) is 1.73. The summed E-state index contributed by atoms with van der Waals surface area (Å²) in [5.41, 5.74) is 3.12. The highest BCUT2D eigenvalue weighted by atomic mass is 32.2. The van der Waals surface area contributed by atoms with Gasteiger partial charge in [0, 0.05) is 38.2 Å². The van der Waals surface area contributed by atoms with Gasteiger partial charge < -0.3 is 15.4 Å². The van der Waals surface area contributed by atoms with Crippen LogP contribution in [0.2, 0.25) is 0 Å². The highest BCUT2D eigenvalue weighted by molar-refractivity contribution is 7.97. The van der Waals surface area contributed by atoms with Crippen LogP contribution in [0.5, 0.6) is 5.88 Å². The second-order valence-corrected chi connectivity index (χ2v) is 7.75. The molecule has 0 unspecified atom stereocenters. The SMILES string of the molecule is CN=C(NCc1ccc(OCC2CC2)nc1)NCc1ccc(F)cc1CSC. The molecule has 2 N–H and O–H groups in total. The summed E-state index contributed by atoms with van der Waals surface area (Å²) in [4.78, 5) is 8.61. The van der Waals surface area contributed by atoms with Crippen LogP contribution in [0.15, 0.2) is 41.5 Å². The van der Waals surface area contributed by atoms with Gasteiger partial charge in [-0.3, -0.25) is 4.99 Å². The minimum absolute atomic E-state index is 0.202. The molecule has 1 heterocycles. The van der Waals surface area contributed by atoms with Gasteiger partial charge in [0.25, 0.3) is 0 Å². The van der Waals surface area contributed by atoms with Crippen LogP contribution >= 0.6 is 11.8 Å². The number of nitrogens with one attached hydrogen (secondary N) is 2. The fraction of sp³-hybridized carbons (Fsp3) is 0.429. The zero-order valence-electron chi connectivity index (χ0n) is 16.4. The molecule has 0 radical (unpaired) electrons. The third-order valence-corrected chi connectivity index (χ3v) is 5.16. The number of thioether (sulfide) groups is 1. The minimum atomic E-state index is -0.202. The topological polar surface area (TPSA) is 58.5 Å². The number of hydrogen-bond acceptors (Lipinski definition) is 4. The molecule has 1 fully saturated rings. The molecule has 0 atom stereocenters. The Labute approximate surface area is 170 Å². The average Bonchev–Trinajstić information content (AvgIpc) is 3.53. The molecule has 1 aliphatic rings. The average molecular weight is 403 g/mol. The third kappa shape index (κ3) is 6.41. The Kier molecular flexibility index (Phi) is 7.54. The Hall–Kier alpha value is -2.28. The number of aliphatic imine (C=N–C) groups is 1. The molecular formula is C21H27FN4OS. The van der Waals surface area contributed by atoms with Gasteiger partial charge in [-0.15, -0.1) is 0 Å². The van der Waals surface area contributed by atoms with Gasteiger partial charge in [-0.2, -0.15) is 11.8 Å². The lowest BCUT2D eigenvalue weighted by Crippen LogP contribution is -2.36. The summed E-state index contributed by atoms with van der Waals surface area (Å²) in [6.07, 6.45) is 6.37. The summed E-state index contributed by atoms with van der Waals surface area (Å²) < 4.78 is 19.1. The Balaban J connectivity index is 1.48. The van der Waals surface area contributed by atoms with Crippen LogP contribution in [0.4, 0.5) is 4.39 Å². The molecule has 1 aromatic heterocycles. The van der Waals surface area contributed by atoms with Crippen molar-refractivity contribution < 1.29 is 9.13 Å². The highest BCUT2D eigenvalue weighted by Crippen LogP contribution is 2.29. The van der Waals surface area contributed by atoms with Gasteiger partial charge in [-0.25, -0.2) is 9.37 Å². The quantitative estimate of drug-likeness (QED) is 0.494. The maximum Gasteiger partial charge on any atom is 0.213 e. The lowest BCUT2D eigenvalue weighted by atomic mass is 10.1. The van der Waals surface area contributed by atoms with E-state index in [1.54, 1.807) is 24.9 Å². The van der Waals surface area contributed by atoms with Crippen molar-refractivity contribution >= 4 is 17.7 Å². The number of hydrogen-bond donors (Lipinski definition) is 2. The smallest absolute Gasteiger partial charge is 0.213 e. The van der Waals surface area contributed by atoms with Crippen molar-refractivity contribution in [1.29, 1.82) is 0 Å². The summed E-state index contributed by atoms with van der Waals surface area (Å²) in [6, 6.07) is 8.83. The van der Waals surface area contributed by atoms with Gasteiger partial charge in [-0.1, -0.05) is 12.1 Å². The molecule has 28 heavy (non-hydrogen) atoms. The van der Waals surface area contributed by atoms with E-state index in [4.69, 9.17) is 4.74 Å². The number of aromatic nitrogens is 1. The molecule has 0 aliphatic heterocycles. The number of halogens is 1. The summed E-state index contributed by atoms with van der Waals surface area (Å²) in [5, 5.41) is 6.56. The first-order chi connectivity index (χ1) is 13.7. The summed E-state index contributed by atoms with van der Waals surface area (Å²) in [5.74, 6) is 2.66. The van der Waals surface area contributed by atoms with Gasteiger partial charge in [0.2, 0.25) is 5.88 Å². The normalized spacial score (nSPS) is 14.0. The molecule has 2 aromatic rings. The first-order valence-corrected chi connectivity index (χ1v) is 10.9. The Morgan fingerprint density at radius 3 is 2.71 bits per heavy atom. The van der Waals surface area contributed by atoms with Gasteiger partial charge >= 0.3 is 0 Å². The first kappa shape index (κ1) is 20.5. The first-order valence-electron chi connectivity index (χ1n) is 9.46. The Morgan fingerprint density at radius 1 is 1.21 bits per heavy atom.